The van der Waals surface area contributed by atoms with E-state index in [9.17, 15) is 23.1 Å². The standard InChI is InChI=1S/C10H9F3O4/c1-5-2-3-6(17-10(11,12)13)4-7(5)8(14)9(15)16/h2-4,8,14H,1H3,(H,15,16). The van der Waals surface area contributed by atoms with Crippen LogP contribution in [0.5, 0.6) is 5.75 Å². The van der Waals surface area contributed by atoms with Crippen molar-refractivity contribution in [1.82, 2.24) is 0 Å². The molecule has 0 radical (unpaired) electrons. The van der Waals surface area contributed by atoms with Gasteiger partial charge in [-0.25, -0.2) is 4.79 Å². The van der Waals surface area contributed by atoms with Gasteiger partial charge in [0, 0.05) is 0 Å². The summed E-state index contributed by atoms with van der Waals surface area (Å²) in [5, 5.41) is 17.8. The molecule has 2 N–H and O–H groups in total. The summed E-state index contributed by atoms with van der Waals surface area (Å²) in [4.78, 5) is 10.5. The predicted octanol–water partition coefficient (Wildman–Crippen LogP) is 2.01. The highest BCUT2D eigenvalue weighted by Crippen LogP contribution is 2.27. The molecule has 7 heteroatoms. The number of carboxylic acid groups (broad SMARTS) is 1. The predicted molar refractivity (Wildman–Crippen MR) is 50.5 cm³/mol. The van der Waals surface area contributed by atoms with Gasteiger partial charge in [-0.1, -0.05) is 6.07 Å². The Labute approximate surface area is 94.3 Å². The van der Waals surface area contributed by atoms with Gasteiger partial charge in [0.2, 0.25) is 0 Å². The number of aliphatic hydroxyl groups excluding tert-OH is 1. The molecule has 0 spiro atoms. The molecule has 0 bridgehead atoms. The second kappa shape index (κ2) is 4.62. The number of carbonyl (C=O) groups is 1. The van der Waals surface area contributed by atoms with Gasteiger partial charge in [0.05, 0.1) is 0 Å². The first-order valence-electron chi connectivity index (χ1n) is 4.48. The highest BCUT2D eigenvalue weighted by atomic mass is 19.4. The SMILES string of the molecule is Cc1ccc(OC(F)(F)F)cc1C(O)C(=O)O. The van der Waals surface area contributed by atoms with Crippen molar-refractivity contribution in [1.29, 1.82) is 0 Å². The fourth-order valence-electron chi connectivity index (χ4n) is 1.24. The minimum absolute atomic E-state index is 0.140. The third-order valence-electron chi connectivity index (χ3n) is 2.01. The number of rotatable bonds is 3. The van der Waals surface area contributed by atoms with Gasteiger partial charge in [0.1, 0.15) is 5.75 Å². The summed E-state index contributed by atoms with van der Waals surface area (Å²) < 4.78 is 39.4. The van der Waals surface area contributed by atoms with E-state index in [4.69, 9.17) is 5.11 Å². The van der Waals surface area contributed by atoms with E-state index in [1.807, 2.05) is 0 Å². The number of hydrogen-bond acceptors (Lipinski definition) is 3. The fourth-order valence-corrected chi connectivity index (χ4v) is 1.24. The van der Waals surface area contributed by atoms with Crippen molar-refractivity contribution in [3.05, 3.63) is 29.3 Å². The summed E-state index contributed by atoms with van der Waals surface area (Å²) >= 11 is 0. The number of alkyl halides is 3. The molecule has 94 valence electrons. The van der Waals surface area contributed by atoms with Crippen molar-refractivity contribution in [2.45, 2.75) is 19.4 Å². The molecule has 17 heavy (non-hydrogen) atoms. The monoisotopic (exact) mass is 250 g/mol. The Hall–Kier alpha value is -1.76. The van der Waals surface area contributed by atoms with Crippen LogP contribution >= 0.6 is 0 Å². The molecular weight excluding hydrogens is 241 g/mol. The smallest absolute Gasteiger partial charge is 0.479 e. The van der Waals surface area contributed by atoms with Gasteiger partial charge in [-0.15, -0.1) is 13.2 Å². The van der Waals surface area contributed by atoms with Gasteiger partial charge in [0.25, 0.3) is 0 Å². The van der Waals surface area contributed by atoms with Crippen LogP contribution in [-0.2, 0) is 4.79 Å². The summed E-state index contributed by atoms with van der Waals surface area (Å²) in [7, 11) is 0. The number of halogens is 3. The Balaban J connectivity index is 3.06. The number of hydrogen-bond donors (Lipinski definition) is 2. The van der Waals surface area contributed by atoms with E-state index in [2.05, 4.69) is 4.74 Å². The number of aliphatic carboxylic acids is 1. The van der Waals surface area contributed by atoms with E-state index in [-0.39, 0.29) is 5.56 Å². The zero-order valence-corrected chi connectivity index (χ0v) is 8.65. The largest absolute Gasteiger partial charge is 0.573 e. The van der Waals surface area contributed by atoms with E-state index in [0.29, 0.717) is 5.56 Å². The Morgan fingerprint density at radius 1 is 1.41 bits per heavy atom. The molecule has 0 aliphatic heterocycles. The van der Waals surface area contributed by atoms with E-state index >= 15 is 0 Å². The van der Waals surface area contributed by atoms with Crippen molar-refractivity contribution in [3.8, 4) is 5.75 Å². The Morgan fingerprint density at radius 3 is 2.47 bits per heavy atom. The average molecular weight is 250 g/mol. The lowest BCUT2D eigenvalue weighted by atomic mass is 10.0. The van der Waals surface area contributed by atoms with Crippen LogP contribution in [0.4, 0.5) is 13.2 Å². The number of ether oxygens (including phenoxy) is 1. The van der Waals surface area contributed by atoms with Gasteiger partial charge in [-0.05, 0) is 30.2 Å². The van der Waals surface area contributed by atoms with Crippen LogP contribution in [0.1, 0.15) is 17.2 Å². The Morgan fingerprint density at radius 2 is 2.00 bits per heavy atom. The molecule has 0 amide bonds. The lowest BCUT2D eigenvalue weighted by Gasteiger charge is -2.13. The Bertz CT molecular complexity index is 428. The fraction of sp³-hybridized carbons (Fsp3) is 0.300. The minimum atomic E-state index is -4.86. The highest BCUT2D eigenvalue weighted by Gasteiger charge is 2.31. The normalized spacial score (nSPS) is 13.2. The zero-order chi connectivity index (χ0) is 13.2. The van der Waals surface area contributed by atoms with Crippen LogP contribution in [0.15, 0.2) is 18.2 Å². The molecule has 1 aromatic rings. The highest BCUT2D eigenvalue weighted by molar-refractivity contribution is 5.74. The van der Waals surface area contributed by atoms with Crippen LogP contribution in [0, 0.1) is 6.92 Å². The summed E-state index contributed by atoms with van der Waals surface area (Å²) in [6.45, 7) is 1.47. The van der Waals surface area contributed by atoms with Crippen molar-refractivity contribution in [2.75, 3.05) is 0 Å². The molecule has 0 heterocycles. The maximum Gasteiger partial charge on any atom is 0.573 e. The van der Waals surface area contributed by atoms with Crippen molar-refractivity contribution >= 4 is 5.97 Å². The summed E-state index contributed by atoms with van der Waals surface area (Å²) in [6, 6.07) is 3.13. The second-order valence-electron chi connectivity index (χ2n) is 3.31. The van der Waals surface area contributed by atoms with Gasteiger partial charge < -0.3 is 14.9 Å². The van der Waals surface area contributed by atoms with Crippen LogP contribution in [0.3, 0.4) is 0 Å². The first-order valence-corrected chi connectivity index (χ1v) is 4.48. The topological polar surface area (TPSA) is 66.8 Å². The van der Waals surface area contributed by atoms with E-state index < -0.39 is 24.2 Å². The molecule has 1 aromatic carbocycles. The van der Waals surface area contributed by atoms with Gasteiger partial charge in [-0.2, -0.15) is 0 Å². The molecule has 1 atom stereocenters. The maximum atomic E-state index is 11.9. The molecule has 4 nitrogen and oxygen atoms in total. The van der Waals surface area contributed by atoms with E-state index in [0.717, 1.165) is 12.1 Å². The quantitative estimate of drug-likeness (QED) is 0.861. The van der Waals surface area contributed by atoms with Crippen molar-refractivity contribution in [3.63, 3.8) is 0 Å². The van der Waals surface area contributed by atoms with Crippen LogP contribution < -0.4 is 4.74 Å². The second-order valence-corrected chi connectivity index (χ2v) is 3.31. The third-order valence-corrected chi connectivity index (χ3v) is 2.01. The van der Waals surface area contributed by atoms with E-state index in [1.165, 1.54) is 13.0 Å². The first-order chi connectivity index (χ1) is 7.70. The van der Waals surface area contributed by atoms with E-state index in [1.54, 1.807) is 0 Å². The number of aryl methyl sites for hydroxylation is 1. The molecule has 0 saturated carbocycles. The van der Waals surface area contributed by atoms with Gasteiger partial charge in [0.15, 0.2) is 6.10 Å². The van der Waals surface area contributed by atoms with Crippen LogP contribution in [-0.4, -0.2) is 22.5 Å². The lowest BCUT2D eigenvalue weighted by Crippen LogP contribution is -2.18. The van der Waals surface area contributed by atoms with Gasteiger partial charge >= 0.3 is 12.3 Å². The molecule has 0 saturated heterocycles. The zero-order valence-electron chi connectivity index (χ0n) is 8.65. The maximum absolute atomic E-state index is 11.9. The lowest BCUT2D eigenvalue weighted by molar-refractivity contribution is -0.274. The molecule has 0 aromatic heterocycles. The average Bonchev–Trinajstić information content (AvgIpc) is 2.17. The molecule has 0 aliphatic rings. The molecule has 0 aliphatic carbocycles. The van der Waals surface area contributed by atoms with Crippen molar-refractivity contribution < 1.29 is 32.9 Å². The number of aliphatic hydroxyl groups is 1. The molecule has 1 unspecified atom stereocenters. The molecule has 1 rings (SSSR count). The Kier molecular flexibility index (Phi) is 3.62. The van der Waals surface area contributed by atoms with Crippen LogP contribution in [0.2, 0.25) is 0 Å². The minimum Gasteiger partial charge on any atom is -0.479 e. The van der Waals surface area contributed by atoms with Crippen molar-refractivity contribution in [2.24, 2.45) is 0 Å². The third kappa shape index (κ3) is 3.63. The first kappa shape index (κ1) is 13.3. The summed E-state index contributed by atoms with van der Waals surface area (Å²) in [5.41, 5.74) is 0.216. The molecular formula is C10H9F3O4. The van der Waals surface area contributed by atoms with Gasteiger partial charge in [-0.3, -0.25) is 0 Å². The number of carboxylic acids is 1. The molecule has 0 fully saturated rings. The number of benzene rings is 1. The summed E-state index contributed by atoms with van der Waals surface area (Å²) in [5.74, 6) is -2.12. The summed E-state index contributed by atoms with van der Waals surface area (Å²) in [6.07, 6.45) is -6.74. The van der Waals surface area contributed by atoms with Crippen LogP contribution in [0.25, 0.3) is 0 Å².